The third-order valence-electron chi connectivity index (χ3n) is 7.61. The minimum absolute atomic E-state index is 0.208. The molecule has 0 saturated carbocycles. The number of carbonyl (C=O) groups is 1. The molecule has 3 saturated heterocycles. The summed E-state index contributed by atoms with van der Waals surface area (Å²) in [5.41, 5.74) is 1.62. The summed E-state index contributed by atoms with van der Waals surface area (Å²) in [7, 11) is -3.32. The van der Waals surface area contributed by atoms with E-state index in [0.29, 0.717) is 28.5 Å². The second kappa shape index (κ2) is 9.47. The summed E-state index contributed by atoms with van der Waals surface area (Å²) in [5.74, 6) is 2.29. The van der Waals surface area contributed by atoms with E-state index in [9.17, 15) is 13.2 Å². The maximum atomic E-state index is 13.9. The number of rotatable bonds is 6. The number of imidazole rings is 1. The molecule has 2 aromatic heterocycles. The van der Waals surface area contributed by atoms with Crippen LogP contribution < -0.4 is 9.80 Å². The topological polar surface area (TPSA) is 91.1 Å². The quantitative estimate of drug-likeness (QED) is 0.469. The number of likely N-dealkylation sites (tertiary alicyclic amines) is 1. The van der Waals surface area contributed by atoms with Crippen molar-refractivity contribution in [3.63, 3.8) is 0 Å². The lowest BCUT2D eigenvalue weighted by Crippen LogP contribution is -2.40. The maximum Gasteiger partial charge on any atom is 0.254 e. The van der Waals surface area contributed by atoms with Gasteiger partial charge in [-0.2, -0.15) is 4.98 Å². The molecule has 0 N–H and O–H groups in total. The summed E-state index contributed by atoms with van der Waals surface area (Å²) in [5, 5.41) is 0.406. The molecule has 6 rings (SSSR count). The van der Waals surface area contributed by atoms with Gasteiger partial charge >= 0.3 is 0 Å². The number of benzene rings is 1. The van der Waals surface area contributed by atoms with E-state index in [2.05, 4.69) is 20.3 Å². The minimum atomic E-state index is -3.32. The molecule has 0 aliphatic carbocycles. The summed E-state index contributed by atoms with van der Waals surface area (Å²) in [6.07, 6.45) is 8.21. The van der Waals surface area contributed by atoms with Gasteiger partial charge in [-0.3, -0.25) is 9.20 Å². The number of halogens is 1. The van der Waals surface area contributed by atoms with E-state index >= 15 is 0 Å². The molecule has 0 spiro atoms. The lowest BCUT2D eigenvalue weighted by atomic mass is 9.97. The van der Waals surface area contributed by atoms with Crippen molar-refractivity contribution in [1.82, 2.24) is 19.3 Å². The third-order valence-corrected chi connectivity index (χ3v) is 8.68. The Morgan fingerprint density at radius 1 is 1.00 bits per heavy atom. The number of sulfone groups is 1. The SMILES string of the molecule is CS(=O)(=O)Cc1ccc(Cl)cc1C(=O)N1CCCC[C@H]1c1cn2c(N3CCC3)cc(N3CCC3)nc2n1. The first-order valence-electron chi connectivity index (χ1n) is 12.9. The Kier molecular flexibility index (Phi) is 6.27. The van der Waals surface area contributed by atoms with Crippen LogP contribution in [-0.2, 0) is 15.6 Å². The van der Waals surface area contributed by atoms with Gasteiger partial charge in [-0.25, -0.2) is 13.4 Å². The summed E-state index contributed by atoms with van der Waals surface area (Å²) in [6.45, 7) is 4.62. The summed E-state index contributed by atoms with van der Waals surface area (Å²) in [4.78, 5) is 30.2. The molecule has 1 atom stereocenters. The number of aromatic nitrogens is 3. The molecule has 9 nitrogen and oxygen atoms in total. The second-order valence-corrected chi connectivity index (χ2v) is 12.9. The van der Waals surface area contributed by atoms with Gasteiger partial charge in [0, 0.05) is 61.8 Å². The average Bonchev–Trinajstić information content (AvgIpc) is 3.21. The van der Waals surface area contributed by atoms with E-state index < -0.39 is 9.84 Å². The zero-order valence-corrected chi connectivity index (χ0v) is 22.5. The first kappa shape index (κ1) is 24.5. The Bertz CT molecular complexity index is 1460. The van der Waals surface area contributed by atoms with E-state index in [1.807, 2.05) is 11.1 Å². The molecular formula is C26H31ClN6O3S. The Morgan fingerprint density at radius 3 is 2.43 bits per heavy atom. The van der Waals surface area contributed by atoms with Gasteiger partial charge in [0.05, 0.1) is 17.5 Å². The van der Waals surface area contributed by atoms with Crippen LogP contribution >= 0.6 is 11.6 Å². The molecule has 3 aliphatic heterocycles. The number of amides is 1. The zero-order valence-electron chi connectivity index (χ0n) is 20.9. The highest BCUT2D eigenvalue weighted by atomic mass is 35.5. The molecule has 11 heteroatoms. The van der Waals surface area contributed by atoms with Crippen LogP contribution in [0.25, 0.3) is 5.78 Å². The van der Waals surface area contributed by atoms with Crippen molar-refractivity contribution in [2.75, 3.05) is 48.8 Å². The fourth-order valence-corrected chi connectivity index (χ4v) is 6.39. The van der Waals surface area contributed by atoms with Crippen molar-refractivity contribution in [3.8, 4) is 0 Å². The van der Waals surface area contributed by atoms with Gasteiger partial charge in [0.25, 0.3) is 5.91 Å². The molecule has 3 fully saturated rings. The van der Waals surface area contributed by atoms with Crippen LogP contribution in [0.2, 0.25) is 5.02 Å². The number of piperidine rings is 1. The molecule has 37 heavy (non-hydrogen) atoms. The normalized spacial score (nSPS) is 20.2. The number of anilines is 2. The fraction of sp³-hybridized carbons (Fsp3) is 0.500. The Labute approximate surface area is 222 Å². The minimum Gasteiger partial charge on any atom is -0.357 e. The van der Waals surface area contributed by atoms with Gasteiger partial charge < -0.3 is 14.7 Å². The van der Waals surface area contributed by atoms with E-state index in [1.54, 1.807) is 18.2 Å². The lowest BCUT2D eigenvalue weighted by molar-refractivity contribution is 0.0606. The molecule has 0 radical (unpaired) electrons. The van der Waals surface area contributed by atoms with E-state index in [0.717, 1.165) is 62.8 Å². The molecule has 1 amide bonds. The predicted molar refractivity (Wildman–Crippen MR) is 144 cm³/mol. The van der Waals surface area contributed by atoms with E-state index in [4.69, 9.17) is 21.6 Å². The molecule has 5 heterocycles. The highest BCUT2D eigenvalue weighted by molar-refractivity contribution is 7.89. The lowest BCUT2D eigenvalue weighted by Gasteiger charge is -2.36. The second-order valence-electron chi connectivity index (χ2n) is 10.4. The molecule has 0 unspecified atom stereocenters. The zero-order chi connectivity index (χ0) is 25.7. The Balaban J connectivity index is 1.38. The van der Waals surface area contributed by atoms with Gasteiger partial charge in [0.1, 0.15) is 11.6 Å². The summed E-state index contributed by atoms with van der Waals surface area (Å²) < 4.78 is 26.2. The van der Waals surface area contributed by atoms with Crippen molar-refractivity contribution >= 4 is 44.8 Å². The highest BCUT2D eigenvalue weighted by Gasteiger charge is 2.33. The van der Waals surface area contributed by atoms with E-state index in [1.165, 1.54) is 19.1 Å². The fourth-order valence-electron chi connectivity index (χ4n) is 5.41. The van der Waals surface area contributed by atoms with Gasteiger partial charge in [-0.05, 0) is 49.8 Å². The molecule has 0 bridgehead atoms. The molecule has 1 aromatic carbocycles. The molecular weight excluding hydrogens is 512 g/mol. The Morgan fingerprint density at radius 2 is 1.76 bits per heavy atom. The van der Waals surface area contributed by atoms with Gasteiger partial charge in [-0.15, -0.1) is 0 Å². The van der Waals surface area contributed by atoms with E-state index in [-0.39, 0.29) is 17.7 Å². The molecule has 196 valence electrons. The smallest absolute Gasteiger partial charge is 0.254 e. The molecule has 3 aliphatic rings. The monoisotopic (exact) mass is 542 g/mol. The predicted octanol–water partition coefficient (Wildman–Crippen LogP) is 3.71. The maximum absolute atomic E-state index is 13.9. The van der Waals surface area contributed by atoms with Crippen LogP contribution in [0.4, 0.5) is 11.6 Å². The van der Waals surface area contributed by atoms with Crippen molar-refractivity contribution in [2.24, 2.45) is 0 Å². The van der Waals surface area contributed by atoms with Crippen LogP contribution in [0.5, 0.6) is 0 Å². The van der Waals surface area contributed by atoms with Gasteiger partial charge in [0.2, 0.25) is 5.78 Å². The van der Waals surface area contributed by atoms with Crippen LogP contribution in [-0.4, -0.2) is 72.6 Å². The van der Waals surface area contributed by atoms with Gasteiger partial charge in [-0.1, -0.05) is 17.7 Å². The summed E-state index contributed by atoms with van der Waals surface area (Å²) >= 11 is 6.25. The number of hydrogen-bond acceptors (Lipinski definition) is 7. The average molecular weight is 543 g/mol. The standard InChI is InChI=1S/C26H31ClN6O3S/c1-37(35,36)17-18-7-8-19(27)14-20(18)25(34)32-13-3-2-6-22(32)21-16-33-24(31-11-5-12-31)15-23(29-26(33)28-21)30-9-4-10-30/h7-8,14-16,22H,2-6,9-13,17H2,1H3/t22-/m0/s1. The third kappa shape index (κ3) is 4.77. The first-order valence-corrected chi connectivity index (χ1v) is 15.4. The van der Waals surface area contributed by atoms with Crippen LogP contribution in [0.3, 0.4) is 0 Å². The number of hydrogen-bond donors (Lipinski definition) is 0. The largest absolute Gasteiger partial charge is 0.357 e. The Hall–Kier alpha value is -2.85. The number of nitrogens with zero attached hydrogens (tertiary/aromatic N) is 6. The van der Waals surface area contributed by atoms with Crippen molar-refractivity contribution in [1.29, 1.82) is 0 Å². The van der Waals surface area contributed by atoms with Gasteiger partial charge in [0.15, 0.2) is 9.84 Å². The number of fused-ring (bicyclic) bond motifs is 1. The summed E-state index contributed by atoms with van der Waals surface area (Å²) in [6, 6.07) is 6.80. The van der Waals surface area contributed by atoms with Crippen LogP contribution in [0.15, 0.2) is 30.5 Å². The van der Waals surface area contributed by atoms with Crippen molar-refractivity contribution in [3.05, 3.63) is 52.3 Å². The number of carbonyl (C=O) groups excluding carboxylic acids is 1. The van der Waals surface area contributed by atoms with Crippen LogP contribution in [0, 0.1) is 0 Å². The molecule has 3 aromatic rings. The first-order chi connectivity index (χ1) is 17.8. The van der Waals surface area contributed by atoms with Crippen LogP contribution in [0.1, 0.15) is 59.8 Å². The van der Waals surface area contributed by atoms with Crippen molar-refractivity contribution in [2.45, 2.75) is 43.9 Å². The van der Waals surface area contributed by atoms with Crippen molar-refractivity contribution < 1.29 is 13.2 Å². The highest BCUT2D eigenvalue weighted by Crippen LogP contribution is 2.35.